The molecule has 0 aromatic carbocycles. The molecule has 3 rings (SSSR count). The Kier molecular flexibility index (Phi) is 3.16. The van der Waals surface area contributed by atoms with Crippen LogP contribution in [0.25, 0.3) is 10.6 Å². The number of nitrogens with one attached hydrogen (secondary N) is 1. The summed E-state index contributed by atoms with van der Waals surface area (Å²) in [6, 6.07) is 4.48. The smallest absolute Gasteiger partial charge is 0.123 e. The Balaban J connectivity index is 1.83. The fraction of sp³-hybridized carbons (Fsp3) is 0.385. The first-order chi connectivity index (χ1) is 8.43. The molecule has 1 fully saturated rings. The van der Waals surface area contributed by atoms with Crippen molar-refractivity contribution in [3.8, 4) is 10.6 Å². The van der Waals surface area contributed by atoms with Gasteiger partial charge in [0, 0.05) is 23.3 Å². The molecule has 2 aromatic heterocycles. The Morgan fingerprint density at radius 3 is 2.88 bits per heavy atom. The van der Waals surface area contributed by atoms with E-state index < -0.39 is 0 Å². The van der Waals surface area contributed by atoms with Gasteiger partial charge in [0.1, 0.15) is 5.01 Å². The maximum atomic E-state index is 4.73. The standard InChI is InChI=1S/C13H15N3S/c1-2-6-15-11(3-1)12-9-17-13(16-12)10-4-7-14-8-5-10/h4-5,7-9,11,15H,1-3,6H2/t11-/m1/s1. The molecule has 2 aromatic rings. The van der Waals surface area contributed by atoms with Gasteiger partial charge in [0.05, 0.1) is 11.7 Å². The fourth-order valence-corrected chi connectivity index (χ4v) is 3.06. The van der Waals surface area contributed by atoms with Crippen LogP contribution >= 0.6 is 11.3 Å². The topological polar surface area (TPSA) is 37.8 Å². The maximum absolute atomic E-state index is 4.73. The summed E-state index contributed by atoms with van der Waals surface area (Å²) in [5.74, 6) is 0. The predicted molar refractivity (Wildman–Crippen MR) is 69.9 cm³/mol. The van der Waals surface area contributed by atoms with Gasteiger partial charge in [0.2, 0.25) is 0 Å². The largest absolute Gasteiger partial charge is 0.309 e. The molecular formula is C13H15N3S. The van der Waals surface area contributed by atoms with Gasteiger partial charge in [-0.2, -0.15) is 0 Å². The molecule has 0 amide bonds. The van der Waals surface area contributed by atoms with E-state index in [0.717, 1.165) is 17.1 Å². The summed E-state index contributed by atoms with van der Waals surface area (Å²) in [7, 11) is 0. The van der Waals surface area contributed by atoms with Crippen LogP contribution in [0.15, 0.2) is 29.9 Å². The van der Waals surface area contributed by atoms with E-state index in [4.69, 9.17) is 4.98 Å². The number of hydrogen-bond donors (Lipinski definition) is 1. The van der Waals surface area contributed by atoms with Crippen molar-refractivity contribution < 1.29 is 0 Å². The Labute approximate surface area is 105 Å². The average Bonchev–Trinajstić information content (AvgIpc) is 2.90. The molecule has 3 heterocycles. The molecule has 17 heavy (non-hydrogen) atoms. The first kappa shape index (κ1) is 10.9. The summed E-state index contributed by atoms with van der Waals surface area (Å²) in [6.07, 6.45) is 7.43. The molecule has 0 saturated carbocycles. The summed E-state index contributed by atoms with van der Waals surface area (Å²) in [4.78, 5) is 8.76. The molecule has 88 valence electrons. The van der Waals surface area contributed by atoms with Crippen LogP contribution in [-0.4, -0.2) is 16.5 Å². The van der Waals surface area contributed by atoms with Gasteiger partial charge >= 0.3 is 0 Å². The van der Waals surface area contributed by atoms with Crippen LogP contribution in [0.2, 0.25) is 0 Å². The zero-order chi connectivity index (χ0) is 11.5. The van der Waals surface area contributed by atoms with E-state index in [1.165, 1.54) is 25.0 Å². The van der Waals surface area contributed by atoms with Gasteiger partial charge in [-0.15, -0.1) is 11.3 Å². The zero-order valence-electron chi connectivity index (χ0n) is 9.60. The van der Waals surface area contributed by atoms with Crippen molar-refractivity contribution >= 4 is 11.3 Å². The SMILES string of the molecule is c1cc(-c2nc([C@H]3CCCCN3)cs2)ccn1. The number of rotatable bonds is 2. The van der Waals surface area contributed by atoms with Crippen molar-refractivity contribution in [2.45, 2.75) is 25.3 Å². The molecule has 0 unspecified atom stereocenters. The van der Waals surface area contributed by atoms with E-state index in [1.54, 1.807) is 11.3 Å². The quantitative estimate of drug-likeness (QED) is 0.883. The highest BCUT2D eigenvalue weighted by Gasteiger charge is 2.17. The number of thiazole rings is 1. The highest BCUT2D eigenvalue weighted by molar-refractivity contribution is 7.13. The van der Waals surface area contributed by atoms with Crippen molar-refractivity contribution in [2.75, 3.05) is 6.54 Å². The van der Waals surface area contributed by atoms with Crippen molar-refractivity contribution in [3.63, 3.8) is 0 Å². The molecule has 1 saturated heterocycles. The molecule has 4 heteroatoms. The van der Waals surface area contributed by atoms with Crippen LogP contribution in [0.1, 0.15) is 31.0 Å². The maximum Gasteiger partial charge on any atom is 0.123 e. The summed E-state index contributed by atoms with van der Waals surface area (Å²) in [6.45, 7) is 1.12. The lowest BCUT2D eigenvalue weighted by molar-refractivity contribution is 0.407. The minimum atomic E-state index is 0.454. The Morgan fingerprint density at radius 2 is 2.12 bits per heavy atom. The lowest BCUT2D eigenvalue weighted by Crippen LogP contribution is -2.26. The van der Waals surface area contributed by atoms with Gasteiger partial charge in [-0.1, -0.05) is 6.42 Å². The second-order valence-electron chi connectivity index (χ2n) is 4.32. The Hall–Kier alpha value is -1.26. The van der Waals surface area contributed by atoms with Crippen LogP contribution in [0.5, 0.6) is 0 Å². The third-order valence-electron chi connectivity index (χ3n) is 3.12. The second-order valence-corrected chi connectivity index (χ2v) is 5.17. The number of aromatic nitrogens is 2. The lowest BCUT2D eigenvalue weighted by atomic mass is 10.0. The lowest BCUT2D eigenvalue weighted by Gasteiger charge is -2.21. The van der Waals surface area contributed by atoms with Gasteiger partial charge in [0.15, 0.2) is 0 Å². The molecule has 1 atom stereocenters. The van der Waals surface area contributed by atoms with Crippen molar-refractivity contribution in [2.24, 2.45) is 0 Å². The molecular weight excluding hydrogens is 230 g/mol. The van der Waals surface area contributed by atoms with E-state index in [9.17, 15) is 0 Å². The average molecular weight is 245 g/mol. The molecule has 3 nitrogen and oxygen atoms in total. The van der Waals surface area contributed by atoms with Crippen molar-refractivity contribution in [3.05, 3.63) is 35.6 Å². The number of nitrogens with zero attached hydrogens (tertiary/aromatic N) is 2. The van der Waals surface area contributed by atoms with Crippen molar-refractivity contribution in [1.29, 1.82) is 0 Å². The van der Waals surface area contributed by atoms with Crippen LogP contribution in [0, 0.1) is 0 Å². The fourth-order valence-electron chi connectivity index (χ4n) is 2.18. The first-order valence-corrected chi connectivity index (χ1v) is 6.90. The zero-order valence-corrected chi connectivity index (χ0v) is 10.4. The van der Waals surface area contributed by atoms with Crippen LogP contribution < -0.4 is 5.32 Å². The van der Waals surface area contributed by atoms with E-state index >= 15 is 0 Å². The van der Waals surface area contributed by atoms with E-state index in [-0.39, 0.29) is 0 Å². The third kappa shape index (κ3) is 2.37. The normalized spacial score (nSPS) is 20.4. The van der Waals surface area contributed by atoms with Crippen LogP contribution in [-0.2, 0) is 0 Å². The first-order valence-electron chi connectivity index (χ1n) is 6.03. The Morgan fingerprint density at radius 1 is 1.24 bits per heavy atom. The molecule has 0 aliphatic carbocycles. The third-order valence-corrected chi connectivity index (χ3v) is 4.03. The predicted octanol–water partition coefficient (Wildman–Crippen LogP) is 3.02. The monoisotopic (exact) mass is 245 g/mol. The molecule has 1 aliphatic rings. The minimum absolute atomic E-state index is 0.454. The van der Waals surface area contributed by atoms with Gasteiger partial charge in [0.25, 0.3) is 0 Å². The molecule has 1 N–H and O–H groups in total. The Bertz CT molecular complexity index is 474. The molecule has 0 radical (unpaired) electrons. The molecule has 0 bridgehead atoms. The number of pyridine rings is 1. The van der Waals surface area contributed by atoms with Gasteiger partial charge in [-0.3, -0.25) is 4.98 Å². The summed E-state index contributed by atoms with van der Waals surface area (Å²) < 4.78 is 0. The van der Waals surface area contributed by atoms with Crippen LogP contribution in [0.3, 0.4) is 0 Å². The highest BCUT2D eigenvalue weighted by atomic mass is 32.1. The van der Waals surface area contributed by atoms with E-state index in [2.05, 4.69) is 15.7 Å². The molecule has 0 spiro atoms. The van der Waals surface area contributed by atoms with Crippen LogP contribution in [0.4, 0.5) is 0 Å². The number of hydrogen-bond acceptors (Lipinski definition) is 4. The van der Waals surface area contributed by atoms with Crippen molar-refractivity contribution in [1.82, 2.24) is 15.3 Å². The summed E-state index contributed by atoms with van der Waals surface area (Å²) in [5.41, 5.74) is 2.36. The second kappa shape index (κ2) is 4.94. The highest BCUT2D eigenvalue weighted by Crippen LogP contribution is 2.28. The summed E-state index contributed by atoms with van der Waals surface area (Å²) in [5, 5.41) is 6.80. The van der Waals surface area contributed by atoms with E-state index in [0.29, 0.717) is 6.04 Å². The number of piperidine rings is 1. The van der Waals surface area contributed by atoms with E-state index in [1.807, 2.05) is 24.5 Å². The minimum Gasteiger partial charge on any atom is -0.309 e. The summed E-state index contributed by atoms with van der Waals surface area (Å²) >= 11 is 1.72. The molecule has 1 aliphatic heterocycles. The van der Waals surface area contributed by atoms with Gasteiger partial charge < -0.3 is 5.32 Å². The van der Waals surface area contributed by atoms with Gasteiger partial charge in [-0.05, 0) is 31.5 Å². The van der Waals surface area contributed by atoms with Gasteiger partial charge in [-0.25, -0.2) is 4.98 Å².